The highest BCUT2D eigenvalue weighted by atomic mass is 16.7. The molecule has 6 nitrogen and oxygen atoms in total. The number of rotatable bonds is 9. The third-order valence-corrected chi connectivity index (χ3v) is 5.77. The standard InChI is InChI=1S/C24H40BNO5/c1-22(2,3)29-21(27)26(8)17-11-9-10-12-18-28-20-15-13-19(14-16-20)25-30-23(4,5)24(6,7)31-25/h13-16H,9-12,17-18H2,1-8H3. The smallest absolute Gasteiger partial charge is 0.494 e. The first kappa shape index (κ1) is 25.5. The van der Waals surface area contributed by atoms with E-state index in [-0.39, 0.29) is 24.4 Å². The Balaban J connectivity index is 1.62. The minimum absolute atomic E-state index is 0.264. The van der Waals surface area contributed by atoms with Gasteiger partial charge in [-0.2, -0.15) is 0 Å². The van der Waals surface area contributed by atoms with Crippen molar-refractivity contribution in [3.8, 4) is 5.75 Å². The van der Waals surface area contributed by atoms with Gasteiger partial charge in [-0.15, -0.1) is 0 Å². The summed E-state index contributed by atoms with van der Waals surface area (Å²) in [6.45, 7) is 15.2. The van der Waals surface area contributed by atoms with E-state index in [1.54, 1.807) is 11.9 Å². The van der Waals surface area contributed by atoms with E-state index in [4.69, 9.17) is 18.8 Å². The fraction of sp³-hybridized carbons (Fsp3) is 0.708. The van der Waals surface area contributed by atoms with Crippen molar-refractivity contribution in [3.05, 3.63) is 24.3 Å². The van der Waals surface area contributed by atoms with Crippen molar-refractivity contribution >= 4 is 18.7 Å². The lowest BCUT2D eigenvalue weighted by molar-refractivity contribution is 0.00578. The number of unbranched alkanes of at least 4 members (excludes halogenated alkanes) is 3. The van der Waals surface area contributed by atoms with Gasteiger partial charge in [-0.05, 0) is 78.9 Å². The number of hydrogen-bond acceptors (Lipinski definition) is 5. The molecule has 0 atom stereocenters. The summed E-state index contributed by atoms with van der Waals surface area (Å²) in [5, 5.41) is 0. The maximum atomic E-state index is 11.9. The summed E-state index contributed by atoms with van der Waals surface area (Å²) in [5.74, 6) is 0.852. The molecule has 1 aliphatic rings. The normalized spacial score (nSPS) is 17.5. The minimum atomic E-state index is -0.453. The number of carbonyl (C=O) groups excluding carboxylic acids is 1. The minimum Gasteiger partial charge on any atom is -0.494 e. The number of ether oxygens (including phenoxy) is 2. The molecule has 1 saturated heterocycles. The quantitative estimate of drug-likeness (QED) is 0.414. The van der Waals surface area contributed by atoms with Crippen LogP contribution in [0.3, 0.4) is 0 Å². The molecule has 0 bridgehead atoms. The molecule has 1 aromatic carbocycles. The number of nitrogens with zero attached hydrogens (tertiary/aromatic N) is 1. The van der Waals surface area contributed by atoms with Gasteiger partial charge in [0.05, 0.1) is 17.8 Å². The van der Waals surface area contributed by atoms with Gasteiger partial charge < -0.3 is 23.7 Å². The molecular formula is C24H40BNO5. The van der Waals surface area contributed by atoms with Crippen LogP contribution in [0.5, 0.6) is 5.75 Å². The highest BCUT2D eigenvalue weighted by Gasteiger charge is 2.51. The molecule has 0 radical (unpaired) electrons. The van der Waals surface area contributed by atoms with Gasteiger partial charge in [0.1, 0.15) is 11.4 Å². The van der Waals surface area contributed by atoms with Crippen LogP contribution in [0.4, 0.5) is 4.79 Å². The highest BCUT2D eigenvalue weighted by Crippen LogP contribution is 2.36. The van der Waals surface area contributed by atoms with E-state index in [1.165, 1.54) is 0 Å². The van der Waals surface area contributed by atoms with Crippen LogP contribution >= 0.6 is 0 Å². The van der Waals surface area contributed by atoms with Crippen molar-refractivity contribution < 1.29 is 23.6 Å². The second-order valence-electron chi connectivity index (χ2n) is 10.3. The third-order valence-electron chi connectivity index (χ3n) is 5.77. The van der Waals surface area contributed by atoms with Gasteiger partial charge in [0, 0.05) is 13.6 Å². The van der Waals surface area contributed by atoms with Gasteiger partial charge >= 0.3 is 13.2 Å². The van der Waals surface area contributed by atoms with Crippen LogP contribution in [-0.2, 0) is 14.0 Å². The fourth-order valence-corrected chi connectivity index (χ4v) is 3.13. The van der Waals surface area contributed by atoms with Crippen LogP contribution in [-0.4, -0.2) is 55.1 Å². The molecule has 0 unspecified atom stereocenters. The Morgan fingerprint density at radius 2 is 1.52 bits per heavy atom. The maximum absolute atomic E-state index is 11.9. The van der Waals surface area contributed by atoms with Crippen LogP contribution in [0.25, 0.3) is 0 Å². The summed E-state index contributed by atoms with van der Waals surface area (Å²) >= 11 is 0. The summed E-state index contributed by atoms with van der Waals surface area (Å²) in [6.07, 6.45) is 3.79. The zero-order valence-electron chi connectivity index (χ0n) is 20.6. The summed E-state index contributed by atoms with van der Waals surface area (Å²) in [5.41, 5.74) is -0.131. The first-order valence-corrected chi connectivity index (χ1v) is 11.3. The Kier molecular flexibility index (Phi) is 8.45. The molecule has 1 fully saturated rings. The van der Waals surface area contributed by atoms with Crippen molar-refractivity contribution in [1.29, 1.82) is 0 Å². The van der Waals surface area contributed by atoms with Gasteiger partial charge in [-0.25, -0.2) is 4.79 Å². The molecule has 1 heterocycles. The van der Waals surface area contributed by atoms with E-state index in [0.717, 1.165) is 36.9 Å². The lowest BCUT2D eigenvalue weighted by atomic mass is 9.79. The molecule has 0 N–H and O–H groups in total. The van der Waals surface area contributed by atoms with Crippen LogP contribution in [0.15, 0.2) is 24.3 Å². The molecule has 0 saturated carbocycles. The average Bonchev–Trinajstić information content (AvgIpc) is 2.87. The second kappa shape index (κ2) is 10.3. The molecule has 0 aliphatic carbocycles. The zero-order chi connectivity index (χ0) is 23.3. The average molecular weight is 433 g/mol. The molecule has 7 heteroatoms. The Morgan fingerprint density at radius 1 is 0.968 bits per heavy atom. The van der Waals surface area contributed by atoms with E-state index in [9.17, 15) is 4.79 Å². The summed E-state index contributed by atoms with van der Waals surface area (Å²) < 4.78 is 23.4. The Morgan fingerprint density at radius 3 is 2.06 bits per heavy atom. The van der Waals surface area contributed by atoms with Gasteiger partial charge in [0.25, 0.3) is 0 Å². The molecular weight excluding hydrogens is 393 g/mol. The van der Waals surface area contributed by atoms with Crippen LogP contribution in [0.2, 0.25) is 0 Å². The lowest BCUT2D eigenvalue weighted by Gasteiger charge is -2.32. The molecule has 0 spiro atoms. The number of carbonyl (C=O) groups is 1. The van der Waals surface area contributed by atoms with E-state index < -0.39 is 5.60 Å². The third kappa shape index (κ3) is 7.72. The monoisotopic (exact) mass is 433 g/mol. The molecule has 1 aromatic rings. The van der Waals surface area contributed by atoms with Crippen LogP contribution < -0.4 is 10.2 Å². The van der Waals surface area contributed by atoms with Crippen molar-refractivity contribution in [2.24, 2.45) is 0 Å². The molecule has 31 heavy (non-hydrogen) atoms. The van der Waals surface area contributed by atoms with Crippen molar-refractivity contribution in [3.63, 3.8) is 0 Å². The van der Waals surface area contributed by atoms with Gasteiger partial charge in [-0.1, -0.05) is 25.0 Å². The largest absolute Gasteiger partial charge is 0.494 e. The molecule has 0 aromatic heterocycles. The first-order valence-electron chi connectivity index (χ1n) is 11.3. The van der Waals surface area contributed by atoms with Crippen molar-refractivity contribution in [2.75, 3.05) is 20.2 Å². The predicted octanol–water partition coefficient (Wildman–Crippen LogP) is 4.79. The van der Waals surface area contributed by atoms with Crippen LogP contribution in [0, 0.1) is 0 Å². The number of amides is 1. The van der Waals surface area contributed by atoms with Gasteiger partial charge in [-0.3, -0.25) is 0 Å². The summed E-state index contributed by atoms with van der Waals surface area (Å²) in [6, 6.07) is 7.94. The number of benzene rings is 1. The van der Waals surface area contributed by atoms with Crippen molar-refractivity contribution in [2.45, 2.75) is 91.0 Å². The molecule has 1 aliphatic heterocycles. The second-order valence-corrected chi connectivity index (χ2v) is 10.3. The first-order chi connectivity index (χ1) is 14.3. The van der Waals surface area contributed by atoms with Gasteiger partial charge in [0.15, 0.2) is 0 Å². The Labute approximate surface area is 188 Å². The van der Waals surface area contributed by atoms with Crippen molar-refractivity contribution in [1.82, 2.24) is 4.90 Å². The summed E-state index contributed by atoms with van der Waals surface area (Å²) in [7, 11) is 1.43. The van der Waals surface area contributed by atoms with E-state index in [2.05, 4.69) is 27.7 Å². The molecule has 1 amide bonds. The lowest BCUT2D eigenvalue weighted by Crippen LogP contribution is -2.41. The maximum Gasteiger partial charge on any atom is 0.494 e. The molecule has 2 rings (SSSR count). The number of hydrogen-bond donors (Lipinski definition) is 0. The highest BCUT2D eigenvalue weighted by molar-refractivity contribution is 6.62. The molecule has 174 valence electrons. The summed E-state index contributed by atoms with van der Waals surface area (Å²) in [4.78, 5) is 13.6. The fourth-order valence-electron chi connectivity index (χ4n) is 3.13. The van der Waals surface area contributed by atoms with Crippen LogP contribution in [0.1, 0.15) is 74.1 Å². The SMILES string of the molecule is CN(CCCCCCOc1ccc(B2OC(C)(C)C(C)(C)O2)cc1)C(=O)OC(C)(C)C. The van der Waals surface area contributed by atoms with E-state index in [0.29, 0.717) is 13.2 Å². The predicted molar refractivity (Wildman–Crippen MR) is 125 cm³/mol. The van der Waals surface area contributed by atoms with E-state index in [1.807, 2.05) is 45.0 Å². The zero-order valence-corrected chi connectivity index (χ0v) is 20.6. The topological polar surface area (TPSA) is 57.2 Å². The Hall–Kier alpha value is -1.73. The van der Waals surface area contributed by atoms with Gasteiger partial charge in [0.2, 0.25) is 0 Å². The Bertz CT molecular complexity index is 696. The van der Waals surface area contributed by atoms with E-state index >= 15 is 0 Å².